The van der Waals surface area contributed by atoms with Crippen LogP contribution in [0.4, 0.5) is 5.13 Å². The Kier molecular flexibility index (Phi) is 5.08. The van der Waals surface area contributed by atoms with E-state index in [0.29, 0.717) is 21.2 Å². The Labute approximate surface area is 179 Å². The summed E-state index contributed by atoms with van der Waals surface area (Å²) in [6.07, 6.45) is 2.96. The minimum absolute atomic E-state index is 0.0764. The number of benzene rings is 1. The maximum atomic E-state index is 12.9. The number of aromatic nitrogens is 3. The number of carbonyl (C=O) groups excluding carboxylic acids is 2. The maximum Gasteiger partial charge on any atom is 0.301 e. The zero-order chi connectivity index (χ0) is 20.7. The van der Waals surface area contributed by atoms with E-state index < -0.39 is 17.7 Å². The molecule has 1 aliphatic heterocycles. The third-order valence-corrected chi connectivity index (χ3v) is 5.96. The summed E-state index contributed by atoms with van der Waals surface area (Å²) in [6.45, 7) is 1.74. The Morgan fingerprint density at radius 2 is 1.83 bits per heavy atom. The molecule has 0 saturated carbocycles. The summed E-state index contributed by atoms with van der Waals surface area (Å²) < 4.78 is 0. The first-order valence-electron chi connectivity index (χ1n) is 8.35. The van der Waals surface area contributed by atoms with Gasteiger partial charge in [0.05, 0.1) is 21.7 Å². The summed E-state index contributed by atoms with van der Waals surface area (Å²) in [6, 6.07) is 6.92. The van der Waals surface area contributed by atoms with Crippen LogP contribution < -0.4 is 4.90 Å². The molecule has 0 spiro atoms. The van der Waals surface area contributed by atoms with Gasteiger partial charge >= 0.3 is 5.91 Å². The van der Waals surface area contributed by atoms with E-state index in [9.17, 15) is 14.7 Å². The molecular formula is C19H12Cl2N4O3S. The average Bonchev–Trinajstić information content (AvgIpc) is 3.25. The summed E-state index contributed by atoms with van der Waals surface area (Å²) in [4.78, 5) is 30.9. The van der Waals surface area contributed by atoms with Crippen molar-refractivity contribution < 1.29 is 14.7 Å². The number of ketones is 1. The summed E-state index contributed by atoms with van der Waals surface area (Å²) >= 11 is 13.4. The van der Waals surface area contributed by atoms with Crippen molar-refractivity contribution in [3.8, 4) is 0 Å². The number of aliphatic hydroxyl groups is 1. The predicted octanol–water partition coefficient (Wildman–Crippen LogP) is 4.17. The number of Topliss-reactive ketones (excluding diaryl/α,β-unsaturated/α-hetero) is 1. The van der Waals surface area contributed by atoms with Crippen molar-refractivity contribution in [3.63, 3.8) is 0 Å². The van der Waals surface area contributed by atoms with Gasteiger partial charge in [0, 0.05) is 18.0 Å². The zero-order valence-corrected chi connectivity index (χ0v) is 17.2. The second-order valence-corrected chi connectivity index (χ2v) is 8.16. The SMILES string of the molecule is Cc1nnc(N2C(=O)C(=O)C(=C(O)c3ccncc3)C2c2ccc(Cl)c(Cl)c2)s1. The topological polar surface area (TPSA) is 96.3 Å². The zero-order valence-electron chi connectivity index (χ0n) is 14.8. The molecule has 1 aromatic carbocycles. The van der Waals surface area contributed by atoms with E-state index in [2.05, 4.69) is 15.2 Å². The van der Waals surface area contributed by atoms with Crippen molar-refractivity contribution in [2.75, 3.05) is 4.90 Å². The van der Waals surface area contributed by atoms with Crippen LogP contribution in [0.1, 0.15) is 22.2 Å². The summed E-state index contributed by atoms with van der Waals surface area (Å²) in [5, 5.41) is 20.3. The molecule has 7 nitrogen and oxygen atoms in total. The average molecular weight is 447 g/mol. The van der Waals surface area contributed by atoms with Crippen molar-refractivity contribution in [1.82, 2.24) is 15.2 Å². The van der Waals surface area contributed by atoms with E-state index in [1.54, 1.807) is 37.3 Å². The van der Waals surface area contributed by atoms with E-state index in [-0.39, 0.29) is 21.5 Å². The smallest absolute Gasteiger partial charge is 0.301 e. The van der Waals surface area contributed by atoms with Gasteiger partial charge in [0.1, 0.15) is 10.8 Å². The number of aliphatic hydroxyl groups excluding tert-OH is 1. The Morgan fingerprint density at radius 3 is 2.45 bits per heavy atom. The van der Waals surface area contributed by atoms with Crippen LogP contribution in [0, 0.1) is 6.92 Å². The molecule has 1 N–H and O–H groups in total. The van der Waals surface area contributed by atoms with Gasteiger partial charge in [-0.1, -0.05) is 40.6 Å². The number of amides is 1. The third-order valence-electron chi connectivity index (χ3n) is 4.38. The van der Waals surface area contributed by atoms with E-state index in [0.717, 1.165) is 11.3 Å². The lowest BCUT2D eigenvalue weighted by Gasteiger charge is -2.22. The van der Waals surface area contributed by atoms with E-state index in [1.807, 2.05) is 0 Å². The standard InChI is InChI=1S/C19H12Cl2N4O3S/c1-9-23-24-19(29-9)25-15(11-2-3-12(20)13(21)8-11)14(17(27)18(25)28)16(26)10-4-6-22-7-5-10/h2-8,15,26H,1H3. The number of nitrogens with zero attached hydrogens (tertiary/aromatic N) is 4. The summed E-state index contributed by atoms with van der Waals surface area (Å²) in [5.74, 6) is -1.96. The molecule has 4 rings (SSSR count). The van der Waals surface area contributed by atoms with Gasteiger partial charge in [-0.05, 0) is 36.8 Å². The number of aryl methyl sites for hydroxylation is 1. The van der Waals surface area contributed by atoms with Gasteiger partial charge in [-0.2, -0.15) is 0 Å². The highest BCUT2D eigenvalue weighted by atomic mass is 35.5. The number of hydrogen-bond acceptors (Lipinski definition) is 7. The van der Waals surface area contributed by atoms with Crippen LogP contribution in [-0.4, -0.2) is 32.0 Å². The van der Waals surface area contributed by atoms with Crippen LogP contribution in [0.2, 0.25) is 10.0 Å². The molecule has 2 aromatic heterocycles. The fourth-order valence-electron chi connectivity index (χ4n) is 3.08. The van der Waals surface area contributed by atoms with Crippen LogP contribution in [0.25, 0.3) is 5.76 Å². The quantitative estimate of drug-likeness (QED) is 0.368. The molecule has 1 aliphatic rings. The Hall–Kier alpha value is -2.81. The molecule has 1 amide bonds. The van der Waals surface area contributed by atoms with Crippen LogP contribution in [0.5, 0.6) is 0 Å². The van der Waals surface area contributed by atoms with Gasteiger partial charge in [0.25, 0.3) is 5.78 Å². The first-order valence-corrected chi connectivity index (χ1v) is 9.92. The molecule has 1 unspecified atom stereocenters. The number of rotatable bonds is 3. The van der Waals surface area contributed by atoms with Gasteiger partial charge in [0.2, 0.25) is 5.13 Å². The van der Waals surface area contributed by atoms with Gasteiger partial charge in [0.15, 0.2) is 0 Å². The van der Waals surface area contributed by atoms with E-state index >= 15 is 0 Å². The van der Waals surface area contributed by atoms with Crippen molar-refractivity contribution >= 4 is 57.1 Å². The Balaban J connectivity index is 1.97. The molecule has 29 heavy (non-hydrogen) atoms. The van der Waals surface area contributed by atoms with E-state index in [1.165, 1.54) is 17.3 Å². The second kappa shape index (κ2) is 7.55. The van der Waals surface area contributed by atoms with Crippen molar-refractivity contribution in [2.45, 2.75) is 13.0 Å². The van der Waals surface area contributed by atoms with Crippen molar-refractivity contribution in [1.29, 1.82) is 0 Å². The van der Waals surface area contributed by atoms with Crippen LogP contribution in [-0.2, 0) is 9.59 Å². The predicted molar refractivity (Wildman–Crippen MR) is 110 cm³/mol. The largest absolute Gasteiger partial charge is 0.507 e. The van der Waals surface area contributed by atoms with Crippen molar-refractivity contribution in [3.05, 3.63) is 74.5 Å². The molecule has 1 saturated heterocycles. The molecular weight excluding hydrogens is 435 g/mol. The van der Waals surface area contributed by atoms with Gasteiger partial charge in [-0.25, -0.2) is 0 Å². The minimum Gasteiger partial charge on any atom is -0.507 e. The number of anilines is 1. The lowest BCUT2D eigenvalue weighted by atomic mass is 9.96. The van der Waals surface area contributed by atoms with Crippen LogP contribution in [0.15, 0.2) is 48.3 Å². The molecule has 0 radical (unpaired) electrons. The summed E-state index contributed by atoms with van der Waals surface area (Å²) in [7, 11) is 0. The van der Waals surface area contributed by atoms with Gasteiger partial charge < -0.3 is 5.11 Å². The molecule has 3 heterocycles. The fourth-order valence-corrected chi connectivity index (χ4v) is 4.10. The first-order chi connectivity index (χ1) is 13.9. The fraction of sp³-hybridized carbons (Fsp3) is 0.105. The van der Waals surface area contributed by atoms with Crippen LogP contribution >= 0.6 is 34.5 Å². The van der Waals surface area contributed by atoms with Gasteiger partial charge in [-0.3, -0.25) is 19.5 Å². The first kappa shape index (κ1) is 19.5. The highest BCUT2D eigenvalue weighted by Crippen LogP contribution is 2.43. The highest BCUT2D eigenvalue weighted by molar-refractivity contribution is 7.15. The lowest BCUT2D eigenvalue weighted by molar-refractivity contribution is -0.132. The molecule has 1 atom stereocenters. The Bertz CT molecular complexity index is 1160. The third kappa shape index (κ3) is 3.39. The van der Waals surface area contributed by atoms with Crippen molar-refractivity contribution in [2.24, 2.45) is 0 Å². The lowest BCUT2D eigenvalue weighted by Crippen LogP contribution is -2.29. The molecule has 1 fully saturated rings. The molecule has 0 aliphatic carbocycles. The number of carbonyl (C=O) groups is 2. The van der Waals surface area contributed by atoms with Crippen LogP contribution in [0.3, 0.4) is 0 Å². The molecule has 0 bridgehead atoms. The summed E-state index contributed by atoms with van der Waals surface area (Å²) in [5.41, 5.74) is 0.783. The molecule has 3 aromatic rings. The minimum atomic E-state index is -0.940. The Morgan fingerprint density at radius 1 is 1.10 bits per heavy atom. The maximum absolute atomic E-state index is 12.9. The van der Waals surface area contributed by atoms with Gasteiger partial charge in [-0.15, -0.1) is 10.2 Å². The number of hydrogen-bond donors (Lipinski definition) is 1. The monoisotopic (exact) mass is 446 g/mol. The molecule has 146 valence electrons. The normalized spacial score (nSPS) is 18.4. The molecule has 10 heteroatoms. The second-order valence-electron chi connectivity index (χ2n) is 6.18. The highest BCUT2D eigenvalue weighted by Gasteiger charge is 2.48. The number of pyridine rings is 1. The van der Waals surface area contributed by atoms with E-state index in [4.69, 9.17) is 23.2 Å². The number of halogens is 2.